The minimum atomic E-state index is -0.246. The Labute approximate surface area is 149 Å². The van der Waals surface area contributed by atoms with Crippen LogP contribution in [-0.4, -0.2) is 31.1 Å². The predicted octanol–water partition coefficient (Wildman–Crippen LogP) is 3.56. The van der Waals surface area contributed by atoms with Gasteiger partial charge in [0.15, 0.2) is 0 Å². The second-order valence-electron chi connectivity index (χ2n) is 5.47. The monoisotopic (exact) mass is 364 g/mol. The molecule has 1 aromatic carbocycles. The number of thiophene rings is 1. The fourth-order valence-electron chi connectivity index (χ4n) is 2.47. The van der Waals surface area contributed by atoms with E-state index in [0.717, 1.165) is 19.4 Å². The first-order chi connectivity index (χ1) is 11.6. The molecular formula is C17H17ClN2O3S. The van der Waals surface area contributed by atoms with E-state index in [9.17, 15) is 9.59 Å². The average Bonchev–Trinajstić information content (AvgIpc) is 3.28. The number of halogens is 1. The molecule has 5 nitrogen and oxygen atoms in total. The molecule has 2 amide bonds. The zero-order valence-electron chi connectivity index (χ0n) is 12.9. The van der Waals surface area contributed by atoms with Gasteiger partial charge in [-0.05, 0) is 42.5 Å². The maximum Gasteiger partial charge on any atom is 0.265 e. The number of carbonyl (C=O) groups is 2. The molecule has 1 saturated heterocycles. The first kappa shape index (κ1) is 17.0. The van der Waals surface area contributed by atoms with E-state index in [1.54, 1.807) is 30.3 Å². The summed E-state index contributed by atoms with van der Waals surface area (Å²) in [5.41, 5.74) is 0.860. The zero-order valence-corrected chi connectivity index (χ0v) is 14.5. The number of benzene rings is 1. The lowest BCUT2D eigenvalue weighted by atomic mass is 10.1. The summed E-state index contributed by atoms with van der Waals surface area (Å²) in [6.45, 7) is 1.23. The van der Waals surface area contributed by atoms with E-state index in [0.29, 0.717) is 27.7 Å². The Morgan fingerprint density at radius 2 is 2.17 bits per heavy atom. The fourth-order valence-corrected chi connectivity index (χ4v) is 3.25. The summed E-state index contributed by atoms with van der Waals surface area (Å²) in [4.78, 5) is 25.0. The van der Waals surface area contributed by atoms with Crippen molar-refractivity contribution in [3.05, 3.63) is 51.2 Å². The van der Waals surface area contributed by atoms with E-state index in [-0.39, 0.29) is 17.9 Å². The van der Waals surface area contributed by atoms with Crippen LogP contribution in [0.15, 0.2) is 35.7 Å². The smallest absolute Gasteiger partial charge is 0.265 e. The van der Waals surface area contributed by atoms with Crippen LogP contribution < -0.4 is 10.6 Å². The van der Waals surface area contributed by atoms with Gasteiger partial charge in [0, 0.05) is 18.7 Å². The van der Waals surface area contributed by atoms with Crippen molar-refractivity contribution < 1.29 is 14.3 Å². The van der Waals surface area contributed by atoms with Gasteiger partial charge in [0.25, 0.3) is 11.8 Å². The van der Waals surface area contributed by atoms with Gasteiger partial charge in [0.05, 0.1) is 21.7 Å². The highest BCUT2D eigenvalue weighted by molar-refractivity contribution is 7.12. The van der Waals surface area contributed by atoms with E-state index in [1.807, 2.05) is 5.38 Å². The summed E-state index contributed by atoms with van der Waals surface area (Å²) < 4.78 is 5.48. The molecule has 1 atom stereocenters. The summed E-state index contributed by atoms with van der Waals surface area (Å²) in [7, 11) is 0. The molecule has 2 aromatic rings. The molecule has 7 heteroatoms. The van der Waals surface area contributed by atoms with Crippen molar-refractivity contribution in [2.45, 2.75) is 18.9 Å². The number of rotatable bonds is 5. The fraction of sp³-hybridized carbons (Fsp3) is 0.294. The van der Waals surface area contributed by atoms with Crippen LogP contribution in [0.3, 0.4) is 0 Å². The Hall–Kier alpha value is -1.89. The van der Waals surface area contributed by atoms with Crippen LogP contribution in [0.2, 0.25) is 5.02 Å². The van der Waals surface area contributed by atoms with Gasteiger partial charge in [0.2, 0.25) is 0 Å². The van der Waals surface area contributed by atoms with Gasteiger partial charge in [0.1, 0.15) is 0 Å². The quantitative estimate of drug-likeness (QED) is 0.852. The van der Waals surface area contributed by atoms with Crippen molar-refractivity contribution in [3.63, 3.8) is 0 Å². The molecule has 1 aromatic heterocycles. The third-order valence-electron chi connectivity index (χ3n) is 3.74. The lowest BCUT2D eigenvalue weighted by Crippen LogP contribution is -2.31. The molecule has 0 radical (unpaired) electrons. The molecule has 1 aliphatic heterocycles. The van der Waals surface area contributed by atoms with Gasteiger partial charge in [-0.1, -0.05) is 17.7 Å². The maximum atomic E-state index is 12.3. The van der Waals surface area contributed by atoms with Crippen LogP contribution in [0, 0.1) is 0 Å². The third-order valence-corrected chi connectivity index (χ3v) is 4.93. The molecule has 24 heavy (non-hydrogen) atoms. The number of hydrogen-bond donors (Lipinski definition) is 2. The van der Waals surface area contributed by atoms with Gasteiger partial charge in [-0.25, -0.2) is 0 Å². The summed E-state index contributed by atoms with van der Waals surface area (Å²) in [6, 6.07) is 8.35. The van der Waals surface area contributed by atoms with Crippen LogP contribution in [0.1, 0.15) is 32.9 Å². The summed E-state index contributed by atoms with van der Waals surface area (Å²) in [5.74, 6) is -0.461. The van der Waals surface area contributed by atoms with Crippen molar-refractivity contribution in [1.29, 1.82) is 0 Å². The second kappa shape index (κ2) is 7.79. The van der Waals surface area contributed by atoms with Gasteiger partial charge in [-0.3, -0.25) is 9.59 Å². The molecule has 1 aliphatic rings. The molecule has 2 N–H and O–H groups in total. The van der Waals surface area contributed by atoms with Crippen LogP contribution in [0.4, 0.5) is 5.69 Å². The SMILES string of the molecule is O=C(NCC1CCCO1)c1ccc(Cl)c(NC(=O)c2cccs2)c1. The van der Waals surface area contributed by atoms with E-state index in [4.69, 9.17) is 16.3 Å². The van der Waals surface area contributed by atoms with Crippen molar-refractivity contribution in [3.8, 4) is 0 Å². The van der Waals surface area contributed by atoms with Crippen LogP contribution in [0.5, 0.6) is 0 Å². The van der Waals surface area contributed by atoms with Crippen LogP contribution >= 0.6 is 22.9 Å². The normalized spacial score (nSPS) is 16.8. The van der Waals surface area contributed by atoms with Crippen molar-refractivity contribution in [2.24, 2.45) is 0 Å². The number of anilines is 1. The number of nitrogens with one attached hydrogen (secondary N) is 2. The third kappa shape index (κ3) is 4.14. The molecule has 1 unspecified atom stereocenters. The number of ether oxygens (including phenoxy) is 1. The van der Waals surface area contributed by atoms with Gasteiger partial charge in [-0.2, -0.15) is 0 Å². The molecule has 126 valence electrons. The van der Waals surface area contributed by atoms with E-state index in [1.165, 1.54) is 11.3 Å². The topological polar surface area (TPSA) is 67.4 Å². The molecule has 0 aliphatic carbocycles. The number of amides is 2. The highest BCUT2D eigenvalue weighted by atomic mass is 35.5. The van der Waals surface area contributed by atoms with Crippen molar-refractivity contribution >= 4 is 40.4 Å². The molecule has 3 rings (SSSR count). The molecule has 2 heterocycles. The maximum absolute atomic E-state index is 12.3. The predicted molar refractivity (Wildman–Crippen MR) is 95.0 cm³/mol. The highest BCUT2D eigenvalue weighted by Crippen LogP contribution is 2.24. The summed E-state index contributed by atoms with van der Waals surface area (Å²) in [5, 5.41) is 7.80. The van der Waals surface area contributed by atoms with Crippen molar-refractivity contribution in [1.82, 2.24) is 5.32 Å². The van der Waals surface area contributed by atoms with Crippen LogP contribution in [0.25, 0.3) is 0 Å². The first-order valence-corrected chi connectivity index (χ1v) is 8.93. The van der Waals surface area contributed by atoms with E-state index in [2.05, 4.69) is 10.6 Å². The summed E-state index contributed by atoms with van der Waals surface area (Å²) >= 11 is 7.46. The average molecular weight is 365 g/mol. The second-order valence-corrected chi connectivity index (χ2v) is 6.83. The molecular weight excluding hydrogens is 348 g/mol. The Bertz CT molecular complexity index is 727. The summed E-state index contributed by atoms with van der Waals surface area (Å²) in [6.07, 6.45) is 2.07. The molecule has 0 spiro atoms. The minimum absolute atomic E-state index is 0.0826. The van der Waals surface area contributed by atoms with E-state index >= 15 is 0 Å². The van der Waals surface area contributed by atoms with Gasteiger partial charge < -0.3 is 15.4 Å². The highest BCUT2D eigenvalue weighted by Gasteiger charge is 2.17. The lowest BCUT2D eigenvalue weighted by Gasteiger charge is -2.12. The molecule has 0 saturated carbocycles. The van der Waals surface area contributed by atoms with Gasteiger partial charge >= 0.3 is 0 Å². The number of carbonyl (C=O) groups excluding carboxylic acids is 2. The minimum Gasteiger partial charge on any atom is -0.376 e. The van der Waals surface area contributed by atoms with Crippen LogP contribution in [-0.2, 0) is 4.74 Å². The van der Waals surface area contributed by atoms with Gasteiger partial charge in [-0.15, -0.1) is 11.3 Å². The lowest BCUT2D eigenvalue weighted by molar-refractivity contribution is 0.0857. The Balaban J connectivity index is 1.66. The Kier molecular flexibility index (Phi) is 5.50. The zero-order chi connectivity index (χ0) is 16.9. The Morgan fingerprint density at radius 1 is 1.29 bits per heavy atom. The van der Waals surface area contributed by atoms with Crippen molar-refractivity contribution in [2.75, 3.05) is 18.5 Å². The standard InChI is InChI=1S/C17H17ClN2O3S/c18-13-6-5-11(16(21)19-10-12-3-1-7-23-12)9-14(13)20-17(22)15-4-2-8-24-15/h2,4-6,8-9,12H,1,3,7,10H2,(H,19,21)(H,20,22). The molecule has 0 bridgehead atoms. The number of hydrogen-bond acceptors (Lipinski definition) is 4. The largest absolute Gasteiger partial charge is 0.376 e. The Morgan fingerprint density at radius 3 is 2.88 bits per heavy atom. The van der Waals surface area contributed by atoms with E-state index < -0.39 is 0 Å². The first-order valence-electron chi connectivity index (χ1n) is 7.67. The molecule has 1 fully saturated rings.